The van der Waals surface area contributed by atoms with Gasteiger partial charge in [0.05, 0.1) is 24.1 Å². The van der Waals surface area contributed by atoms with Crippen molar-refractivity contribution in [3.8, 4) is 5.88 Å². The monoisotopic (exact) mass is 276 g/mol. The molecule has 0 saturated carbocycles. The van der Waals surface area contributed by atoms with Crippen LogP contribution >= 0.6 is 0 Å². The topological polar surface area (TPSA) is 61.1 Å². The van der Waals surface area contributed by atoms with Crippen LogP contribution in [0.1, 0.15) is 18.2 Å². The second kappa shape index (κ2) is 5.81. The Balaban J connectivity index is 2.19. The van der Waals surface area contributed by atoms with E-state index in [1.807, 2.05) is 27.1 Å². The number of hydrogen-bond donors (Lipinski definition) is 1. The lowest BCUT2D eigenvalue weighted by molar-refractivity contribution is 0.370. The van der Waals surface area contributed by atoms with Crippen molar-refractivity contribution >= 4 is 5.69 Å². The molecule has 0 atom stereocenters. The summed E-state index contributed by atoms with van der Waals surface area (Å²) in [4.78, 5) is 11.5. The first-order valence-corrected chi connectivity index (χ1v) is 6.57. The molecule has 20 heavy (non-hydrogen) atoms. The Morgan fingerprint density at radius 1 is 1.40 bits per heavy atom. The van der Waals surface area contributed by atoms with E-state index in [1.165, 1.54) is 0 Å². The van der Waals surface area contributed by atoms with E-state index in [9.17, 15) is 4.79 Å². The Hall–Kier alpha value is -2.24. The highest BCUT2D eigenvalue weighted by molar-refractivity contribution is 5.43. The minimum atomic E-state index is 0.00758. The van der Waals surface area contributed by atoms with Crippen LogP contribution in [0.3, 0.4) is 0 Å². The Morgan fingerprint density at radius 3 is 2.80 bits per heavy atom. The highest BCUT2D eigenvalue weighted by Gasteiger charge is 2.13. The largest absolute Gasteiger partial charge is 0.481 e. The lowest BCUT2D eigenvalue weighted by atomic mass is 10.2. The maximum atomic E-state index is 11.5. The van der Waals surface area contributed by atoms with Gasteiger partial charge in [0.2, 0.25) is 5.88 Å². The molecule has 108 valence electrons. The predicted octanol–water partition coefficient (Wildman–Crippen LogP) is 1.53. The maximum Gasteiger partial charge on any atom is 0.250 e. The summed E-state index contributed by atoms with van der Waals surface area (Å²) in [6.07, 6.45) is 1.82. The molecule has 0 amide bonds. The van der Waals surface area contributed by atoms with Gasteiger partial charge in [-0.2, -0.15) is 5.10 Å². The van der Waals surface area contributed by atoms with Crippen LogP contribution in [-0.4, -0.2) is 21.5 Å². The highest BCUT2D eigenvalue weighted by atomic mass is 16.5. The minimum Gasteiger partial charge on any atom is -0.481 e. The standard InChI is InChI=1S/C14H20N4O2/c1-5-18-9-11(6-7-13(18)19)15-8-12-10(2)16-17(3)14(12)20-4/h6-7,9,15H,5,8H2,1-4H3. The molecule has 6 nitrogen and oxygen atoms in total. The van der Waals surface area contributed by atoms with Crippen molar-refractivity contribution in [2.45, 2.75) is 26.9 Å². The molecule has 0 aliphatic carbocycles. The van der Waals surface area contributed by atoms with Crippen LogP contribution < -0.4 is 15.6 Å². The molecule has 2 heterocycles. The van der Waals surface area contributed by atoms with E-state index in [0.717, 1.165) is 22.8 Å². The molecule has 0 aromatic carbocycles. The lowest BCUT2D eigenvalue weighted by Gasteiger charge is -2.10. The molecule has 0 aliphatic heterocycles. The van der Waals surface area contributed by atoms with E-state index < -0.39 is 0 Å². The van der Waals surface area contributed by atoms with Gasteiger partial charge < -0.3 is 14.6 Å². The fourth-order valence-corrected chi connectivity index (χ4v) is 2.21. The SMILES string of the molecule is CCn1cc(NCc2c(C)nn(C)c2OC)ccc1=O. The molecule has 0 radical (unpaired) electrons. The highest BCUT2D eigenvalue weighted by Crippen LogP contribution is 2.21. The van der Waals surface area contributed by atoms with Crippen molar-refractivity contribution in [1.29, 1.82) is 0 Å². The summed E-state index contributed by atoms with van der Waals surface area (Å²) in [5.41, 5.74) is 2.86. The molecule has 0 aliphatic rings. The van der Waals surface area contributed by atoms with Gasteiger partial charge in [0.1, 0.15) is 0 Å². The molecule has 0 spiro atoms. The molecule has 0 fully saturated rings. The molecule has 1 N–H and O–H groups in total. The molecule has 0 saturated heterocycles. The second-order valence-corrected chi connectivity index (χ2v) is 4.59. The zero-order chi connectivity index (χ0) is 14.7. The van der Waals surface area contributed by atoms with Crippen molar-refractivity contribution < 1.29 is 4.74 Å². The molecular formula is C14H20N4O2. The Morgan fingerprint density at radius 2 is 2.15 bits per heavy atom. The maximum absolute atomic E-state index is 11.5. The summed E-state index contributed by atoms with van der Waals surface area (Å²) >= 11 is 0. The third-order valence-corrected chi connectivity index (χ3v) is 3.28. The van der Waals surface area contributed by atoms with Gasteiger partial charge in [-0.1, -0.05) is 0 Å². The van der Waals surface area contributed by atoms with Crippen molar-refractivity contribution in [3.05, 3.63) is 39.9 Å². The smallest absolute Gasteiger partial charge is 0.250 e. The summed E-state index contributed by atoms with van der Waals surface area (Å²) in [6.45, 7) is 5.15. The van der Waals surface area contributed by atoms with Gasteiger partial charge in [0.15, 0.2) is 0 Å². The van der Waals surface area contributed by atoms with Gasteiger partial charge in [-0.05, 0) is 19.9 Å². The summed E-state index contributed by atoms with van der Waals surface area (Å²) in [5.74, 6) is 0.749. The first-order valence-electron chi connectivity index (χ1n) is 6.57. The van der Waals surface area contributed by atoms with Crippen LogP contribution in [0, 0.1) is 6.92 Å². The van der Waals surface area contributed by atoms with Crippen molar-refractivity contribution in [1.82, 2.24) is 14.3 Å². The van der Waals surface area contributed by atoms with Crippen LogP contribution in [0.15, 0.2) is 23.1 Å². The number of pyridine rings is 1. The number of nitrogens with one attached hydrogen (secondary N) is 1. The number of ether oxygens (including phenoxy) is 1. The fourth-order valence-electron chi connectivity index (χ4n) is 2.21. The molecule has 2 aromatic rings. The number of aryl methyl sites for hydroxylation is 3. The zero-order valence-corrected chi connectivity index (χ0v) is 12.3. The lowest BCUT2D eigenvalue weighted by Crippen LogP contribution is -2.17. The van der Waals surface area contributed by atoms with E-state index in [4.69, 9.17) is 4.74 Å². The normalized spacial score (nSPS) is 10.6. The molecule has 0 unspecified atom stereocenters. The van der Waals surface area contributed by atoms with Crippen LogP contribution in [0.25, 0.3) is 0 Å². The molecule has 2 aromatic heterocycles. The molecule has 2 rings (SSSR count). The number of aromatic nitrogens is 3. The zero-order valence-electron chi connectivity index (χ0n) is 12.3. The molecular weight excluding hydrogens is 256 g/mol. The van der Waals surface area contributed by atoms with E-state index in [2.05, 4.69) is 10.4 Å². The minimum absolute atomic E-state index is 0.00758. The second-order valence-electron chi connectivity index (χ2n) is 4.59. The Bertz CT molecular complexity index is 658. The number of anilines is 1. The van der Waals surface area contributed by atoms with Gasteiger partial charge in [0.25, 0.3) is 5.56 Å². The summed E-state index contributed by atoms with van der Waals surface area (Å²) < 4.78 is 8.74. The molecule has 0 bridgehead atoms. The summed E-state index contributed by atoms with van der Waals surface area (Å²) in [7, 11) is 3.49. The van der Waals surface area contributed by atoms with Crippen LogP contribution in [0.2, 0.25) is 0 Å². The quantitative estimate of drug-likeness (QED) is 0.899. The van der Waals surface area contributed by atoms with E-state index in [1.54, 1.807) is 28.5 Å². The van der Waals surface area contributed by atoms with Crippen molar-refractivity contribution in [2.75, 3.05) is 12.4 Å². The third-order valence-electron chi connectivity index (χ3n) is 3.28. The Kier molecular flexibility index (Phi) is 4.12. The van der Waals surface area contributed by atoms with Gasteiger partial charge in [-0.15, -0.1) is 0 Å². The van der Waals surface area contributed by atoms with Gasteiger partial charge in [0, 0.05) is 32.4 Å². The van der Waals surface area contributed by atoms with Crippen LogP contribution in [-0.2, 0) is 20.1 Å². The average Bonchev–Trinajstić information content (AvgIpc) is 2.71. The van der Waals surface area contributed by atoms with Crippen molar-refractivity contribution in [2.24, 2.45) is 7.05 Å². The predicted molar refractivity (Wildman–Crippen MR) is 78.2 cm³/mol. The number of methoxy groups -OCH3 is 1. The van der Waals surface area contributed by atoms with Gasteiger partial charge in [-0.25, -0.2) is 4.68 Å². The summed E-state index contributed by atoms with van der Waals surface area (Å²) in [5, 5.41) is 7.64. The summed E-state index contributed by atoms with van der Waals surface area (Å²) in [6, 6.07) is 3.35. The van der Waals surface area contributed by atoms with Crippen LogP contribution in [0.4, 0.5) is 5.69 Å². The first-order chi connectivity index (χ1) is 9.56. The van der Waals surface area contributed by atoms with E-state index >= 15 is 0 Å². The molecule has 6 heteroatoms. The number of rotatable bonds is 5. The van der Waals surface area contributed by atoms with E-state index in [-0.39, 0.29) is 5.56 Å². The van der Waals surface area contributed by atoms with Crippen LogP contribution in [0.5, 0.6) is 5.88 Å². The number of nitrogens with zero attached hydrogens (tertiary/aromatic N) is 3. The third kappa shape index (κ3) is 2.68. The number of hydrogen-bond acceptors (Lipinski definition) is 4. The van der Waals surface area contributed by atoms with Crippen molar-refractivity contribution in [3.63, 3.8) is 0 Å². The first kappa shape index (κ1) is 14.2. The average molecular weight is 276 g/mol. The fraction of sp³-hybridized carbons (Fsp3) is 0.429. The Labute approximate surface area is 118 Å². The van der Waals surface area contributed by atoms with Gasteiger partial charge in [-0.3, -0.25) is 4.79 Å². The van der Waals surface area contributed by atoms with Gasteiger partial charge >= 0.3 is 0 Å². The van der Waals surface area contributed by atoms with E-state index in [0.29, 0.717) is 13.1 Å².